The van der Waals surface area contributed by atoms with Crippen LogP contribution in [0, 0.1) is 0 Å². The Bertz CT molecular complexity index is 1060. The minimum atomic E-state index is -3.74. The van der Waals surface area contributed by atoms with E-state index in [0.717, 1.165) is 36.9 Å². The van der Waals surface area contributed by atoms with Crippen molar-refractivity contribution in [2.45, 2.75) is 35.8 Å². The fourth-order valence-electron chi connectivity index (χ4n) is 3.55. The number of aryl methyl sites for hydroxylation is 1. The highest BCUT2D eigenvalue weighted by molar-refractivity contribution is 7.91. The summed E-state index contributed by atoms with van der Waals surface area (Å²) in [6.07, 6.45) is 5.21. The van der Waals surface area contributed by atoms with Crippen molar-refractivity contribution < 1.29 is 17.6 Å². The molecule has 28 heavy (non-hydrogen) atoms. The Balaban J connectivity index is 1.58. The van der Waals surface area contributed by atoms with Gasteiger partial charge in [-0.1, -0.05) is 18.2 Å². The maximum atomic E-state index is 13.1. The third-order valence-electron chi connectivity index (χ3n) is 5.03. The van der Waals surface area contributed by atoms with E-state index in [1.165, 1.54) is 18.4 Å². The molecule has 8 heteroatoms. The van der Waals surface area contributed by atoms with E-state index in [1.807, 2.05) is 0 Å². The summed E-state index contributed by atoms with van der Waals surface area (Å²) in [6.45, 7) is -0.106. The van der Waals surface area contributed by atoms with Crippen molar-refractivity contribution in [3.8, 4) is 0 Å². The van der Waals surface area contributed by atoms with Gasteiger partial charge in [0.05, 0.1) is 11.2 Å². The zero-order valence-corrected chi connectivity index (χ0v) is 16.0. The number of amides is 1. The molecule has 2 N–H and O–H groups in total. The summed E-state index contributed by atoms with van der Waals surface area (Å²) in [7, 11) is -3.74. The average molecular weight is 399 g/mol. The summed E-state index contributed by atoms with van der Waals surface area (Å²) in [6, 6.07) is 11.4. The van der Waals surface area contributed by atoms with Gasteiger partial charge in [0.2, 0.25) is 0 Å². The van der Waals surface area contributed by atoms with Crippen LogP contribution in [-0.2, 0) is 22.7 Å². The van der Waals surface area contributed by atoms with E-state index >= 15 is 0 Å². The molecule has 0 saturated heterocycles. The lowest BCUT2D eigenvalue weighted by Gasteiger charge is -2.17. The molecule has 2 aromatic heterocycles. The number of fused-ring (bicyclic) bond motifs is 1. The molecule has 1 unspecified atom stereocenters. The van der Waals surface area contributed by atoms with Gasteiger partial charge in [-0.25, -0.2) is 8.42 Å². The zero-order chi connectivity index (χ0) is 19.6. The van der Waals surface area contributed by atoms with E-state index in [4.69, 9.17) is 4.42 Å². The van der Waals surface area contributed by atoms with Crippen LogP contribution >= 0.6 is 0 Å². The summed E-state index contributed by atoms with van der Waals surface area (Å²) in [5.41, 5.74) is 2.28. The molecular formula is C20H21N3O4S. The van der Waals surface area contributed by atoms with Crippen molar-refractivity contribution in [2.75, 3.05) is 6.54 Å². The normalized spacial score (nSPS) is 15.0. The highest BCUT2D eigenvalue weighted by Crippen LogP contribution is 2.29. The maximum absolute atomic E-state index is 13.1. The first-order valence-electron chi connectivity index (χ1n) is 9.24. The van der Waals surface area contributed by atoms with Crippen LogP contribution in [0.2, 0.25) is 0 Å². The Morgan fingerprint density at radius 3 is 2.68 bits per heavy atom. The fraction of sp³-hybridized carbons (Fsp3) is 0.300. The molecule has 7 nitrogen and oxygen atoms in total. The molecule has 146 valence electrons. The van der Waals surface area contributed by atoms with Crippen molar-refractivity contribution in [2.24, 2.45) is 0 Å². The van der Waals surface area contributed by atoms with Crippen LogP contribution in [0.1, 0.15) is 45.6 Å². The first kappa shape index (κ1) is 18.5. The monoisotopic (exact) mass is 399 g/mol. The second kappa shape index (κ2) is 7.63. The average Bonchev–Trinajstić information content (AvgIpc) is 3.38. The van der Waals surface area contributed by atoms with Crippen molar-refractivity contribution >= 4 is 15.7 Å². The molecule has 1 aliphatic rings. The quantitative estimate of drug-likeness (QED) is 0.663. The number of benzene rings is 1. The summed E-state index contributed by atoms with van der Waals surface area (Å²) in [4.78, 5) is 12.9. The predicted molar refractivity (Wildman–Crippen MR) is 103 cm³/mol. The number of furan rings is 1. The van der Waals surface area contributed by atoms with E-state index < -0.39 is 15.1 Å². The van der Waals surface area contributed by atoms with Crippen LogP contribution in [0.15, 0.2) is 58.0 Å². The summed E-state index contributed by atoms with van der Waals surface area (Å²) in [5.74, 6) is -0.0903. The Hall–Kier alpha value is -2.87. The molecule has 0 aliphatic heterocycles. The number of nitrogens with one attached hydrogen (secondary N) is 2. The SMILES string of the molecule is O=C(NCC(c1ccco1)S(=O)(=O)c1ccccc1)c1n[nH]c2c1CCCC2. The first-order chi connectivity index (χ1) is 13.6. The lowest BCUT2D eigenvalue weighted by Crippen LogP contribution is -2.32. The third kappa shape index (κ3) is 3.47. The van der Waals surface area contributed by atoms with E-state index in [2.05, 4.69) is 15.5 Å². The van der Waals surface area contributed by atoms with Crippen LogP contribution in [-0.4, -0.2) is 31.1 Å². The highest BCUT2D eigenvalue weighted by atomic mass is 32.2. The molecule has 0 saturated carbocycles. The van der Waals surface area contributed by atoms with Crippen molar-refractivity contribution in [3.05, 3.63) is 71.4 Å². The number of aromatic nitrogens is 2. The molecule has 4 rings (SSSR count). The molecular weight excluding hydrogens is 378 g/mol. The highest BCUT2D eigenvalue weighted by Gasteiger charge is 2.32. The Labute approximate surface area is 163 Å². The summed E-state index contributed by atoms with van der Waals surface area (Å²) >= 11 is 0. The largest absolute Gasteiger partial charge is 0.468 e. The van der Waals surface area contributed by atoms with Gasteiger partial charge < -0.3 is 9.73 Å². The Morgan fingerprint density at radius 2 is 1.93 bits per heavy atom. The Morgan fingerprint density at radius 1 is 1.14 bits per heavy atom. The fourth-order valence-corrected chi connectivity index (χ4v) is 5.16. The number of aromatic amines is 1. The van der Waals surface area contributed by atoms with Gasteiger partial charge in [-0.2, -0.15) is 5.10 Å². The second-order valence-electron chi connectivity index (χ2n) is 6.81. The van der Waals surface area contributed by atoms with Crippen LogP contribution in [0.5, 0.6) is 0 Å². The van der Waals surface area contributed by atoms with Gasteiger partial charge in [0.15, 0.2) is 15.5 Å². The van der Waals surface area contributed by atoms with Crippen molar-refractivity contribution in [1.29, 1.82) is 0 Å². The van der Waals surface area contributed by atoms with Gasteiger partial charge >= 0.3 is 0 Å². The lowest BCUT2D eigenvalue weighted by molar-refractivity contribution is 0.0947. The van der Waals surface area contributed by atoms with Crippen molar-refractivity contribution in [3.63, 3.8) is 0 Å². The maximum Gasteiger partial charge on any atom is 0.272 e. The standard InChI is InChI=1S/C20H21N3O4S/c24-20(19-15-9-4-5-10-16(15)22-23-19)21-13-18(17-11-6-12-27-17)28(25,26)14-7-2-1-3-8-14/h1-3,6-8,11-12,18H,4-5,9-10,13H2,(H,21,24)(H,22,23). The van der Waals surface area contributed by atoms with Gasteiger partial charge in [-0.05, 0) is 49.9 Å². The van der Waals surface area contributed by atoms with Crippen LogP contribution < -0.4 is 5.32 Å². The molecule has 1 atom stereocenters. The Kier molecular flexibility index (Phi) is 5.04. The number of hydrogen-bond donors (Lipinski definition) is 2. The zero-order valence-electron chi connectivity index (χ0n) is 15.2. The number of carbonyl (C=O) groups excluding carboxylic acids is 1. The second-order valence-corrected chi connectivity index (χ2v) is 8.94. The number of nitrogens with zero attached hydrogens (tertiary/aromatic N) is 1. The first-order valence-corrected chi connectivity index (χ1v) is 10.8. The van der Waals surface area contributed by atoms with Crippen molar-refractivity contribution in [1.82, 2.24) is 15.5 Å². The summed E-state index contributed by atoms with van der Waals surface area (Å²) in [5, 5.41) is 8.79. The number of rotatable bonds is 6. The molecule has 1 aromatic carbocycles. The van der Waals surface area contributed by atoms with Gasteiger partial charge in [0.25, 0.3) is 5.91 Å². The van der Waals surface area contributed by atoms with E-state index in [0.29, 0.717) is 5.69 Å². The van der Waals surface area contributed by atoms with E-state index in [9.17, 15) is 13.2 Å². The lowest BCUT2D eigenvalue weighted by atomic mass is 9.96. The molecule has 1 aliphatic carbocycles. The van der Waals surface area contributed by atoms with Gasteiger partial charge in [-0.15, -0.1) is 0 Å². The molecule has 3 aromatic rings. The topological polar surface area (TPSA) is 105 Å². The number of sulfone groups is 1. The summed E-state index contributed by atoms with van der Waals surface area (Å²) < 4.78 is 31.6. The van der Waals surface area contributed by atoms with E-state index in [-0.39, 0.29) is 23.1 Å². The molecule has 0 spiro atoms. The van der Waals surface area contributed by atoms with Crippen LogP contribution in [0.4, 0.5) is 0 Å². The van der Waals surface area contributed by atoms with Gasteiger partial charge in [0.1, 0.15) is 11.0 Å². The predicted octanol–water partition coefficient (Wildman–Crippen LogP) is 2.83. The number of H-pyrrole nitrogens is 1. The number of carbonyl (C=O) groups is 1. The molecule has 0 bridgehead atoms. The minimum absolute atomic E-state index is 0.106. The third-order valence-corrected chi connectivity index (χ3v) is 7.10. The van der Waals surface area contributed by atoms with E-state index in [1.54, 1.807) is 30.3 Å². The molecule has 2 heterocycles. The molecule has 0 fully saturated rings. The van der Waals surface area contributed by atoms with Crippen LogP contribution in [0.25, 0.3) is 0 Å². The molecule has 1 amide bonds. The minimum Gasteiger partial charge on any atom is -0.468 e. The number of hydrogen-bond acceptors (Lipinski definition) is 5. The van der Waals surface area contributed by atoms with Gasteiger partial charge in [-0.3, -0.25) is 9.89 Å². The van der Waals surface area contributed by atoms with Crippen LogP contribution in [0.3, 0.4) is 0 Å². The smallest absolute Gasteiger partial charge is 0.272 e. The molecule has 0 radical (unpaired) electrons. The van der Waals surface area contributed by atoms with Gasteiger partial charge in [0, 0.05) is 17.8 Å².